The number of benzene rings is 1. The number of nitrogens with zero attached hydrogens (tertiary/aromatic N) is 2. The van der Waals surface area contributed by atoms with E-state index in [0.717, 1.165) is 11.6 Å². The number of hydrogen-bond donors (Lipinski definition) is 2. The van der Waals surface area contributed by atoms with Gasteiger partial charge in [0.1, 0.15) is 23.5 Å². The Morgan fingerprint density at radius 3 is 2.39 bits per heavy atom. The van der Waals surface area contributed by atoms with Crippen LogP contribution in [-0.2, 0) is 12.7 Å². The van der Waals surface area contributed by atoms with Crippen molar-refractivity contribution in [2.75, 3.05) is 5.32 Å². The Morgan fingerprint density at radius 2 is 1.74 bits per heavy atom. The van der Waals surface area contributed by atoms with Gasteiger partial charge in [0.05, 0.1) is 5.39 Å². The summed E-state index contributed by atoms with van der Waals surface area (Å²) in [5.74, 6) is 0.290. The monoisotopic (exact) mass is 360 g/mol. The van der Waals surface area contributed by atoms with Crippen LogP contribution < -0.4 is 5.32 Å². The average Bonchev–Trinajstić information content (AvgIpc) is 2.88. The zero-order chi connectivity index (χ0) is 16.6. The van der Waals surface area contributed by atoms with E-state index in [9.17, 15) is 13.2 Å². The van der Waals surface area contributed by atoms with Crippen LogP contribution in [-0.4, -0.2) is 15.0 Å². The molecule has 0 aliphatic carbocycles. The number of halogens is 5. The standard InChI is InChI=1S/C14H9Cl2F3N4/c15-8-1-7(2-9(16)3-8)5-20-12-10-4-11(14(17,18)19)23-13(10)22-6-21-12/h1-4,6H,5H2,(H2,20,21,22,23). The molecule has 0 aliphatic heterocycles. The first kappa shape index (κ1) is 15.9. The van der Waals surface area contributed by atoms with Gasteiger partial charge in [-0.1, -0.05) is 23.2 Å². The molecule has 23 heavy (non-hydrogen) atoms. The molecule has 3 rings (SSSR count). The summed E-state index contributed by atoms with van der Waals surface area (Å²) < 4.78 is 38.3. The summed E-state index contributed by atoms with van der Waals surface area (Å²) in [7, 11) is 0. The first-order valence-electron chi connectivity index (χ1n) is 6.43. The van der Waals surface area contributed by atoms with Crippen LogP contribution in [0.5, 0.6) is 0 Å². The molecule has 2 heterocycles. The highest BCUT2D eigenvalue weighted by Crippen LogP contribution is 2.32. The normalized spacial score (nSPS) is 11.9. The summed E-state index contributed by atoms with van der Waals surface area (Å²) in [6, 6.07) is 5.98. The fourth-order valence-corrected chi connectivity index (χ4v) is 2.70. The summed E-state index contributed by atoms with van der Waals surface area (Å²) >= 11 is 11.8. The largest absolute Gasteiger partial charge is 0.431 e. The summed E-state index contributed by atoms with van der Waals surface area (Å²) in [4.78, 5) is 10.0. The maximum atomic E-state index is 12.8. The lowest BCUT2D eigenvalue weighted by Gasteiger charge is -2.07. The molecule has 0 fully saturated rings. The summed E-state index contributed by atoms with van der Waals surface area (Å²) in [6.07, 6.45) is -3.29. The topological polar surface area (TPSA) is 53.6 Å². The predicted molar refractivity (Wildman–Crippen MR) is 82.7 cm³/mol. The molecular formula is C14H9Cl2F3N4. The molecular weight excluding hydrogens is 352 g/mol. The van der Waals surface area contributed by atoms with Gasteiger partial charge in [0.15, 0.2) is 0 Å². The van der Waals surface area contributed by atoms with Gasteiger partial charge in [-0.25, -0.2) is 9.97 Å². The number of rotatable bonds is 3. The van der Waals surface area contributed by atoms with Crippen molar-refractivity contribution >= 4 is 40.1 Å². The van der Waals surface area contributed by atoms with Crippen molar-refractivity contribution in [3.8, 4) is 0 Å². The van der Waals surface area contributed by atoms with Gasteiger partial charge in [-0.2, -0.15) is 13.2 Å². The second kappa shape index (κ2) is 5.90. The van der Waals surface area contributed by atoms with Gasteiger partial charge >= 0.3 is 6.18 Å². The molecule has 0 radical (unpaired) electrons. The molecule has 2 aromatic heterocycles. The van der Waals surface area contributed by atoms with E-state index in [4.69, 9.17) is 23.2 Å². The summed E-state index contributed by atoms with van der Waals surface area (Å²) in [6.45, 7) is 0.304. The Bertz CT molecular complexity index is 841. The molecule has 1 aromatic carbocycles. The van der Waals surface area contributed by atoms with Gasteiger partial charge in [0.2, 0.25) is 0 Å². The number of fused-ring (bicyclic) bond motifs is 1. The zero-order valence-corrected chi connectivity index (χ0v) is 12.9. The predicted octanol–water partition coefficient (Wildman–Crippen LogP) is 4.90. The smallest absolute Gasteiger partial charge is 0.365 e. The lowest BCUT2D eigenvalue weighted by Crippen LogP contribution is -2.04. The Kier molecular flexibility index (Phi) is 4.08. The third-order valence-corrected chi connectivity index (χ3v) is 3.55. The third kappa shape index (κ3) is 3.51. The molecule has 0 bridgehead atoms. The lowest BCUT2D eigenvalue weighted by molar-refractivity contribution is -0.140. The highest BCUT2D eigenvalue weighted by molar-refractivity contribution is 6.34. The molecule has 0 amide bonds. The van der Waals surface area contributed by atoms with Crippen LogP contribution in [0.1, 0.15) is 11.3 Å². The zero-order valence-electron chi connectivity index (χ0n) is 11.4. The minimum atomic E-state index is -4.47. The highest BCUT2D eigenvalue weighted by Gasteiger charge is 2.33. The summed E-state index contributed by atoms with van der Waals surface area (Å²) in [5, 5.41) is 4.18. The van der Waals surface area contributed by atoms with Crippen LogP contribution in [0.15, 0.2) is 30.6 Å². The van der Waals surface area contributed by atoms with Crippen molar-refractivity contribution in [2.24, 2.45) is 0 Å². The van der Waals surface area contributed by atoms with Crippen LogP contribution in [0.2, 0.25) is 10.0 Å². The van der Waals surface area contributed by atoms with E-state index in [2.05, 4.69) is 20.3 Å². The van der Waals surface area contributed by atoms with Gasteiger partial charge in [0, 0.05) is 16.6 Å². The van der Waals surface area contributed by atoms with E-state index in [0.29, 0.717) is 16.6 Å². The Balaban J connectivity index is 1.89. The van der Waals surface area contributed by atoms with Crippen molar-refractivity contribution in [1.29, 1.82) is 0 Å². The van der Waals surface area contributed by atoms with Crippen molar-refractivity contribution < 1.29 is 13.2 Å². The number of anilines is 1. The van der Waals surface area contributed by atoms with Crippen LogP contribution in [0.25, 0.3) is 11.0 Å². The Labute approximate surface area is 138 Å². The van der Waals surface area contributed by atoms with E-state index < -0.39 is 11.9 Å². The SMILES string of the molecule is FC(F)(F)c1cc2c(NCc3cc(Cl)cc(Cl)c3)ncnc2[nH]1. The minimum Gasteiger partial charge on any atom is -0.365 e. The molecule has 2 N–H and O–H groups in total. The van der Waals surface area contributed by atoms with Crippen LogP contribution in [0.4, 0.5) is 19.0 Å². The Hall–Kier alpha value is -1.99. The average molecular weight is 361 g/mol. The first-order chi connectivity index (χ1) is 10.8. The molecule has 4 nitrogen and oxygen atoms in total. The van der Waals surface area contributed by atoms with Crippen molar-refractivity contribution in [2.45, 2.75) is 12.7 Å². The van der Waals surface area contributed by atoms with Crippen molar-refractivity contribution in [1.82, 2.24) is 15.0 Å². The van der Waals surface area contributed by atoms with Crippen molar-refractivity contribution in [3.63, 3.8) is 0 Å². The number of H-pyrrole nitrogens is 1. The molecule has 0 saturated carbocycles. The van der Waals surface area contributed by atoms with Crippen LogP contribution in [0, 0.1) is 0 Å². The fraction of sp³-hybridized carbons (Fsp3) is 0.143. The quantitative estimate of drug-likeness (QED) is 0.698. The first-order valence-corrected chi connectivity index (χ1v) is 7.18. The molecule has 120 valence electrons. The molecule has 3 aromatic rings. The van der Waals surface area contributed by atoms with Crippen LogP contribution >= 0.6 is 23.2 Å². The van der Waals surface area contributed by atoms with Crippen molar-refractivity contribution in [3.05, 3.63) is 51.9 Å². The number of aromatic nitrogens is 3. The number of nitrogens with one attached hydrogen (secondary N) is 2. The second-order valence-electron chi connectivity index (χ2n) is 4.80. The minimum absolute atomic E-state index is 0.110. The Morgan fingerprint density at radius 1 is 1.04 bits per heavy atom. The highest BCUT2D eigenvalue weighted by atomic mass is 35.5. The number of hydrogen-bond acceptors (Lipinski definition) is 3. The van der Waals surface area contributed by atoms with E-state index >= 15 is 0 Å². The molecule has 0 atom stereocenters. The molecule has 0 aliphatic rings. The molecule has 0 unspecified atom stereocenters. The maximum Gasteiger partial charge on any atom is 0.431 e. The fourth-order valence-electron chi connectivity index (χ4n) is 2.13. The van der Waals surface area contributed by atoms with E-state index in [-0.39, 0.29) is 16.9 Å². The number of alkyl halides is 3. The second-order valence-corrected chi connectivity index (χ2v) is 5.67. The molecule has 9 heteroatoms. The lowest BCUT2D eigenvalue weighted by atomic mass is 10.2. The summed E-state index contributed by atoms with van der Waals surface area (Å²) in [5.41, 5.74) is 0.0154. The van der Waals surface area contributed by atoms with Crippen LogP contribution in [0.3, 0.4) is 0 Å². The maximum absolute atomic E-state index is 12.8. The van der Waals surface area contributed by atoms with Gasteiger partial charge in [0.25, 0.3) is 0 Å². The van der Waals surface area contributed by atoms with E-state index in [1.165, 1.54) is 6.33 Å². The van der Waals surface area contributed by atoms with Gasteiger partial charge in [-0.15, -0.1) is 0 Å². The molecule has 0 saturated heterocycles. The van der Waals surface area contributed by atoms with Gasteiger partial charge in [-0.05, 0) is 29.8 Å². The third-order valence-electron chi connectivity index (χ3n) is 3.11. The van der Waals surface area contributed by atoms with Gasteiger partial charge < -0.3 is 10.3 Å². The van der Waals surface area contributed by atoms with Gasteiger partial charge in [-0.3, -0.25) is 0 Å². The molecule has 0 spiro atoms. The number of aromatic amines is 1. The van der Waals surface area contributed by atoms with E-state index in [1.54, 1.807) is 18.2 Å². The van der Waals surface area contributed by atoms with E-state index in [1.807, 2.05) is 0 Å².